The van der Waals surface area contributed by atoms with Crippen molar-refractivity contribution >= 4 is 23.0 Å². The number of morpholine rings is 1. The number of amides is 1. The fourth-order valence-electron chi connectivity index (χ4n) is 4.89. The highest BCUT2D eigenvalue weighted by molar-refractivity contribution is 6.07. The number of pyridine rings is 1. The molecule has 0 aliphatic carbocycles. The van der Waals surface area contributed by atoms with Crippen molar-refractivity contribution in [3.05, 3.63) is 89.5 Å². The van der Waals surface area contributed by atoms with Crippen LogP contribution in [0.25, 0.3) is 22.2 Å². The number of nitrogens with zero attached hydrogens (tertiary/aromatic N) is 2. The predicted octanol–water partition coefficient (Wildman–Crippen LogP) is 3.88. The van der Waals surface area contributed by atoms with E-state index in [1.165, 1.54) is 4.90 Å². The lowest BCUT2D eigenvalue weighted by Gasteiger charge is -2.24. The van der Waals surface area contributed by atoms with Gasteiger partial charge in [-0.2, -0.15) is 5.10 Å². The molecular formula is C32H35N4O4+. The molecule has 206 valence electrons. The zero-order valence-corrected chi connectivity index (χ0v) is 23.1. The Morgan fingerprint density at radius 2 is 1.82 bits per heavy atom. The van der Waals surface area contributed by atoms with Crippen molar-refractivity contribution in [2.24, 2.45) is 5.10 Å². The van der Waals surface area contributed by atoms with Crippen molar-refractivity contribution in [3.63, 3.8) is 0 Å². The normalized spacial score (nSPS) is 14.1. The van der Waals surface area contributed by atoms with E-state index in [1.54, 1.807) is 19.4 Å². The smallest absolute Gasteiger partial charge is 0.272 e. The van der Waals surface area contributed by atoms with E-state index in [-0.39, 0.29) is 12.0 Å². The SMILES string of the molecule is COc1ccc(C=NNC(=O)c2cc(-c3ccccc3OC(C)C)nc3ccccc23)cc1C[NH+]1CCOCC1. The van der Waals surface area contributed by atoms with Crippen LogP contribution in [0, 0.1) is 0 Å². The number of carbonyl (C=O) groups excluding carboxylic acids is 1. The Labute approximate surface area is 234 Å². The molecule has 2 heterocycles. The Hall–Kier alpha value is -4.27. The molecule has 0 saturated carbocycles. The predicted molar refractivity (Wildman–Crippen MR) is 156 cm³/mol. The number of benzene rings is 3. The molecule has 1 amide bonds. The van der Waals surface area contributed by atoms with Crippen LogP contribution < -0.4 is 19.8 Å². The zero-order valence-electron chi connectivity index (χ0n) is 23.1. The van der Waals surface area contributed by atoms with Crippen LogP contribution in [-0.2, 0) is 11.3 Å². The minimum Gasteiger partial charge on any atom is -0.496 e. The monoisotopic (exact) mass is 539 g/mol. The summed E-state index contributed by atoms with van der Waals surface area (Å²) in [5.41, 5.74) is 7.39. The molecule has 0 atom stereocenters. The van der Waals surface area contributed by atoms with Gasteiger partial charge in [0.2, 0.25) is 0 Å². The number of carbonyl (C=O) groups is 1. The van der Waals surface area contributed by atoms with Gasteiger partial charge in [-0.25, -0.2) is 10.4 Å². The van der Waals surface area contributed by atoms with Gasteiger partial charge in [-0.3, -0.25) is 4.79 Å². The number of nitrogens with one attached hydrogen (secondary N) is 2. The number of quaternary nitrogens is 1. The molecule has 4 aromatic rings. The number of hydrogen-bond acceptors (Lipinski definition) is 6. The van der Waals surface area contributed by atoms with Crippen molar-refractivity contribution in [2.75, 3.05) is 33.4 Å². The molecule has 1 aliphatic rings. The molecule has 1 aliphatic heterocycles. The summed E-state index contributed by atoms with van der Waals surface area (Å²) < 4.78 is 17.1. The van der Waals surface area contributed by atoms with Crippen molar-refractivity contribution < 1.29 is 23.9 Å². The Kier molecular flexibility index (Phi) is 8.68. The van der Waals surface area contributed by atoms with Crippen LogP contribution in [0.2, 0.25) is 0 Å². The fraction of sp³-hybridized carbons (Fsp3) is 0.281. The molecule has 0 spiro atoms. The zero-order chi connectivity index (χ0) is 27.9. The molecule has 0 radical (unpaired) electrons. The first-order chi connectivity index (χ1) is 19.5. The van der Waals surface area contributed by atoms with E-state index in [0.29, 0.717) is 11.3 Å². The molecule has 0 bridgehead atoms. The molecule has 8 nitrogen and oxygen atoms in total. The van der Waals surface area contributed by atoms with E-state index in [9.17, 15) is 4.79 Å². The van der Waals surface area contributed by atoms with E-state index < -0.39 is 0 Å². The average molecular weight is 540 g/mol. The number of hydrogen-bond donors (Lipinski definition) is 2. The van der Waals surface area contributed by atoms with Gasteiger partial charge in [-0.1, -0.05) is 30.3 Å². The first-order valence-electron chi connectivity index (χ1n) is 13.6. The number of methoxy groups -OCH3 is 1. The van der Waals surface area contributed by atoms with Gasteiger partial charge >= 0.3 is 0 Å². The third kappa shape index (κ3) is 6.47. The lowest BCUT2D eigenvalue weighted by molar-refractivity contribution is -0.921. The highest BCUT2D eigenvalue weighted by Crippen LogP contribution is 2.32. The van der Waals surface area contributed by atoms with Gasteiger partial charge < -0.3 is 19.1 Å². The van der Waals surface area contributed by atoms with Crippen molar-refractivity contribution in [2.45, 2.75) is 26.5 Å². The van der Waals surface area contributed by atoms with E-state index >= 15 is 0 Å². The molecule has 40 heavy (non-hydrogen) atoms. The minimum absolute atomic E-state index is 0.00691. The van der Waals surface area contributed by atoms with Gasteiger partial charge in [-0.05, 0) is 61.9 Å². The van der Waals surface area contributed by atoms with Crippen LogP contribution in [0.5, 0.6) is 11.5 Å². The first-order valence-corrected chi connectivity index (χ1v) is 13.6. The molecule has 1 fully saturated rings. The van der Waals surface area contributed by atoms with Crippen LogP contribution in [0.4, 0.5) is 0 Å². The Balaban J connectivity index is 1.39. The van der Waals surface area contributed by atoms with E-state index in [0.717, 1.165) is 71.9 Å². The van der Waals surface area contributed by atoms with Gasteiger partial charge in [0.25, 0.3) is 5.91 Å². The summed E-state index contributed by atoms with van der Waals surface area (Å²) in [5, 5.41) is 5.04. The quantitative estimate of drug-likeness (QED) is 0.249. The summed E-state index contributed by atoms with van der Waals surface area (Å²) in [4.78, 5) is 19.7. The van der Waals surface area contributed by atoms with E-state index in [4.69, 9.17) is 19.2 Å². The van der Waals surface area contributed by atoms with Crippen molar-refractivity contribution in [3.8, 4) is 22.8 Å². The number of para-hydroxylation sites is 2. The molecule has 0 unspecified atom stereocenters. The number of ether oxygens (including phenoxy) is 3. The topological polar surface area (TPSA) is 86.5 Å². The summed E-state index contributed by atoms with van der Waals surface area (Å²) in [7, 11) is 1.68. The van der Waals surface area contributed by atoms with Gasteiger partial charge in [0.05, 0.1) is 49.4 Å². The fourth-order valence-corrected chi connectivity index (χ4v) is 4.89. The molecule has 1 saturated heterocycles. The highest BCUT2D eigenvalue weighted by atomic mass is 16.5. The third-order valence-corrected chi connectivity index (χ3v) is 6.81. The maximum atomic E-state index is 13.4. The standard InChI is InChI=1S/C32H34N4O4/c1-22(2)40-31-11-7-5-9-26(31)29-19-27(25-8-4-6-10-28(25)34-29)32(37)35-33-20-23-12-13-30(38-3)24(18-23)21-36-14-16-39-17-15-36/h4-13,18-20,22H,14-17,21H2,1-3H3,(H,35,37)/p+1. The largest absolute Gasteiger partial charge is 0.496 e. The highest BCUT2D eigenvalue weighted by Gasteiger charge is 2.18. The Bertz CT molecular complexity index is 1510. The van der Waals surface area contributed by atoms with Gasteiger partial charge in [0, 0.05) is 16.5 Å². The lowest BCUT2D eigenvalue weighted by Crippen LogP contribution is -3.12. The van der Waals surface area contributed by atoms with Crippen molar-refractivity contribution in [1.29, 1.82) is 0 Å². The van der Waals surface area contributed by atoms with Crippen LogP contribution in [0.1, 0.15) is 35.3 Å². The van der Waals surface area contributed by atoms with Gasteiger partial charge in [-0.15, -0.1) is 0 Å². The Morgan fingerprint density at radius 3 is 2.62 bits per heavy atom. The molecule has 1 aromatic heterocycles. The second-order valence-electron chi connectivity index (χ2n) is 10.0. The number of hydrazone groups is 1. The van der Waals surface area contributed by atoms with Gasteiger partial charge in [0.1, 0.15) is 31.1 Å². The van der Waals surface area contributed by atoms with Crippen LogP contribution in [-0.4, -0.2) is 56.6 Å². The minimum atomic E-state index is -0.315. The second kappa shape index (κ2) is 12.7. The van der Waals surface area contributed by atoms with E-state index in [2.05, 4.69) is 16.6 Å². The van der Waals surface area contributed by atoms with Crippen LogP contribution in [0.15, 0.2) is 77.9 Å². The Morgan fingerprint density at radius 1 is 1.05 bits per heavy atom. The van der Waals surface area contributed by atoms with Gasteiger partial charge in [0.15, 0.2) is 0 Å². The maximum Gasteiger partial charge on any atom is 0.272 e. The van der Waals surface area contributed by atoms with Crippen LogP contribution in [0.3, 0.4) is 0 Å². The number of rotatable bonds is 9. The summed E-state index contributed by atoms with van der Waals surface area (Å²) in [6.45, 7) is 8.28. The van der Waals surface area contributed by atoms with E-state index in [1.807, 2.05) is 74.5 Å². The lowest BCUT2D eigenvalue weighted by atomic mass is 10.0. The molecule has 2 N–H and O–H groups in total. The summed E-state index contributed by atoms with van der Waals surface area (Å²) in [6.07, 6.45) is 1.67. The summed E-state index contributed by atoms with van der Waals surface area (Å²) >= 11 is 0. The summed E-state index contributed by atoms with van der Waals surface area (Å²) in [5.74, 6) is 1.25. The number of aromatic nitrogens is 1. The molecule has 3 aromatic carbocycles. The number of fused-ring (bicyclic) bond motifs is 1. The van der Waals surface area contributed by atoms with Crippen LogP contribution >= 0.6 is 0 Å². The molecular weight excluding hydrogens is 504 g/mol. The maximum absolute atomic E-state index is 13.4. The molecule has 8 heteroatoms. The first kappa shape index (κ1) is 27.3. The van der Waals surface area contributed by atoms with Crippen molar-refractivity contribution in [1.82, 2.24) is 10.4 Å². The second-order valence-corrected chi connectivity index (χ2v) is 10.0. The third-order valence-electron chi connectivity index (χ3n) is 6.81. The molecule has 5 rings (SSSR count). The average Bonchev–Trinajstić information content (AvgIpc) is 2.97. The summed E-state index contributed by atoms with van der Waals surface area (Å²) in [6, 6.07) is 23.1.